The number of carbonyl (C=O) groups excluding carboxylic acids is 2. The molecule has 2 aromatic carbocycles. The number of anilines is 1. The van der Waals surface area contributed by atoms with Crippen LogP contribution in [0.25, 0.3) is 0 Å². The first-order chi connectivity index (χ1) is 15.8. The lowest BCUT2D eigenvalue weighted by Gasteiger charge is -2.18. The summed E-state index contributed by atoms with van der Waals surface area (Å²) in [5.74, 6) is -0.210. The Morgan fingerprint density at radius 3 is 2.06 bits per heavy atom. The molecular formula is C23H30N2O7S. The van der Waals surface area contributed by atoms with E-state index in [0.717, 1.165) is 0 Å². The van der Waals surface area contributed by atoms with Crippen molar-refractivity contribution in [2.75, 3.05) is 38.2 Å². The highest BCUT2D eigenvalue weighted by molar-refractivity contribution is 7.89. The zero-order valence-corrected chi connectivity index (χ0v) is 20.1. The van der Waals surface area contributed by atoms with Gasteiger partial charge < -0.3 is 19.5 Å². The summed E-state index contributed by atoms with van der Waals surface area (Å²) in [6.45, 7) is 8.30. The number of hydrogen-bond donors (Lipinski definition) is 1. The van der Waals surface area contributed by atoms with Gasteiger partial charge in [0.2, 0.25) is 10.0 Å². The van der Waals surface area contributed by atoms with Crippen molar-refractivity contribution < 1.29 is 32.2 Å². The van der Waals surface area contributed by atoms with Crippen molar-refractivity contribution >= 4 is 27.6 Å². The zero-order chi connectivity index (χ0) is 24.4. The molecule has 10 heteroatoms. The molecule has 0 aliphatic rings. The maximum Gasteiger partial charge on any atom is 0.338 e. The largest absolute Gasteiger partial charge is 0.490 e. The monoisotopic (exact) mass is 478 g/mol. The lowest BCUT2D eigenvalue weighted by atomic mass is 10.2. The van der Waals surface area contributed by atoms with E-state index in [1.54, 1.807) is 32.0 Å². The topological polar surface area (TPSA) is 111 Å². The Hall–Kier alpha value is -3.11. The van der Waals surface area contributed by atoms with E-state index in [2.05, 4.69) is 5.32 Å². The first-order valence-electron chi connectivity index (χ1n) is 10.7. The molecule has 2 aromatic rings. The van der Waals surface area contributed by atoms with Gasteiger partial charge in [-0.05, 0) is 50.2 Å². The van der Waals surface area contributed by atoms with Crippen molar-refractivity contribution in [3.63, 3.8) is 0 Å². The number of hydrogen-bond acceptors (Lipinski definition) is 7. The molecule has 0 atom stereocenters. The van der Waals surface area contributed by atoms with Crippen molar-refractivity contribution in [2.24, 2.45) is 0 Å². The fraction of sp³-hybridized carbons (Fsp3) is 0.391. The average Bonchev–Trinajstić information content (AvgIpc) is 2.80. The third kappa shape index (κ3) is 6.93. The fourth-order valence-electron chi connectivity index (χ4n) is 3.02. The third-order valence-corrected chi connectivity index (χ3v) is 6.66. The van der Waals surface area contributed by atoms with E-state index in [1.807, 2.05) is 13.8 Å². The Morgan fingerprint density at radius 1 is 0.879 bits per heavy atom. The second kappa shape index (κ2) is 12.2. The fourth-order valence-corrected chi connectivity index (χ4v) is 4.47. The molecule has 9 nitrogen and oxygen atoms in total. The quantitative estimate of drug-likeness (QED) is 0.466. The van der Waals surface area contributed by atoms with Crippen molar-refractivity contribution in [2.45, 2.75) is 32.6 Å². The van der Waals surface area contributed by atoms with Gasteiger partial charge >= 0.3 is 5.97 Å². The van der Waals surface area contributed by atoms with E-state index < -0.39 is 28.5 Å². The van der Waals surface area contributed by atoms with E-state index in [4.69, 9.17) is 14.2 Å². The first-order valence-corrected chi connectivity index (χ1v) is 12.2. The zero-order valence-electron chi connectivity index (χ0n) is 19.3. The maximum absolute atomic E-state index is 12.5. The number of esters is 1. The van der Waals surface area contributed by atoms with Gasteiger partial charge in [-0.3, -0.25) is 4.79 Å². The van der Waals surface area contributed by atoms with Gasteiger partial charge in [0, 0.05) is 24.8 Å². The standard InChI is InChI=1S/C23H30N2O7S/c1-5-25(6-2)33(28,29)19-12-9-17(10-13-19)23(27)32-16-22(26)24-18-11-14-20(30-7-3)21(15-18)31-8-4/h9-15H,5-8,16H2,1-4H3,(H,24,26). The van der Waals surface area contributed by atoms with Crippen LogP contribution in [0, 0.1) is 0 Å². The molecule has 0 unspecified atom stereocenters. The molecule has 0 aromatic heterocycles. The number of amides is 1. The summed E-state index contributed by atoms with van der Waals surface area (Å²) >= 11 is 0. The van der Waals surface area contributed by atoms with Crippen molar-refractivity contribution in [1.29, 1.82) is 0 Å². The third-order valence-electron chi connectivity index (χ3n) is 4.59. The van der Waals surface area contributed by atoms with Gasteiger partial charge in [0.25, 0.3) is 5.91 Å². The van der Waals surface area contributed by atoms with E-state index in [1.165, 1.54) is 28.6 Å². The Kier molecular flexibility index (Phi) is 9.68. The van der Waals surface area contributed by atoms with E-state index >= 15 is 0 Å². The van der Waals surface area contributed by atoms with Crippen molar-refractivity contribution in [3.05, 3.63) is 48.0 Å². The maximum atomic E-state index is 12.5. The van der Waals surface area contributed by atoms with E-state index in [-0.39, 0.29) is 10.5 Å². The molecule has 0 bridgehead atoms. The van der Waals surface area contributed by atoms with Crippen LogP contribution in [0.3, 0.4) is 0 Å². The molecule has 0 aliphatic carbocycles. The van der Waals surface area contributed by atoms with Crippen LogP contribution in [0.4, 0.5) is 5.69 Å². The van der Waals surface area contributed by atoms with E-state index in [0.29, 0.717) is 43.5 Å². The predicted molar refractivity (Wildman–Crippen MR) is 124 cm³/mol. The molecule has 1 N–H and O–H groups in total. The molecule has 180 valence electrons. The van der Waals surface area contributed by atoms with Crippen LogP contribution in [0.15, 0.2) is 47.4 Å². The summed E-state index contributed by atoms with van der Waals surface area (Å²) in [5, 5.41) is 2.63. The molecular weight excluding hydrogens is 448 g/mol. The molecule has 33 heavy (non-hydrogen) atoms. The Labute approximate surface area is 194 Å². The summed E-state index contributed by atoms with van der Waals surface area (Å²) in [5.41, 5.74) is 0.606. The lowest BCUT2D eigenvalue weighted by molar-refractivity contribution is -0.119. The minimum atomic E-state index is -3.62. The summed E-state index contributed by atoms with van der Waals surface area (Å²) in [6.07, 6.45) is 0. The minimum Gasteiger partial charge on any atom is -0.490 e. The van der Waals surface area contributed by atoms with Crippen LogP contribution < -0.4 is 14.8 Å². The Balaban J connectivity index is 1.98. The average molecular weight is 479 g/mol. The molecule has 0 fully saturated rings. The second-order valence-corrected chi connectivity index (χ2v) is 8.70. The van der Waals surface area contributed by atoms with Crippen molar-refractivity contribution in [3.8, 4) is 11.5 Å². The number of sulfonamides is 1. The lowest BCUT2D eigenvalue weighted by Crippen LogP contribution is -2.30. The van der Waals surface area contributed by atoms with Gasteiger partial charge in [0.15, 0.2) is 18.1 Å². The van der Waals surface area contributed by atoms with Gasteiger partial charge in [-0.15, -0.1) is 0 Å². The Morgan fingerprint density at radius 2 is 1.48 bits per heavy atom. The summed E-state index contributed by atoms with van der Waals surface area (Å²) in [4.78, 5) is 24.6. The second-order valence-electron chi connectivity index (χ2n) is 6.77. The molecule has 0 aliphatic heterocycles. The highest BCUT2D eigenvalue weighted by Crippen LogP contribution is 2.30. The van der Waals surface area contributed by atoms with Gasteiger partial charge in [-0.25, -0.2) is 13.2 Å². The highest BCUT2D eigenvalue weighted by Gasteiger charge is 2.22. The van der Waals surface area contributed by atoms with Crippen LogP contribution >= 0.6 is 0 Å². The van der Waals surface area contributed by atoms with Crippen LogP contribution in [0.1, 0.15) is 38.1 Å². The van der Waals surface area contributed by atoms with E-state index in [9.17, 15) is 18.0 Å². The smallest absolute Gasteiger partial charge is 0.338 e. The SMILES string of the molecule is CCOc1ccc(NC(=O)COC(=O)c2ccc(S(=O)(=O)N(CC)CC)cc2)cc1OCC. The highest BCUT2D eigenvalue weighted by atomic mass is 32.2. The normalized spacial score (nSPS) is 11.2. The number of benzene rings is 2. The molecule has 0 heterocycles. The number of rotatable bonds is 12. The predicted octanol–water partition coefficient (Wildman–Crippen LogP) is 3.31. The van der Waals surface area contributed by atoms with Gasteiger partial charge in [0.1, 0.15) is 0 Å². The van der Waals surface area contributed by atoms with Crippen LogP contribution in [0.5, 0.6) is 11.5 Å². The first kappa shape index (κ1) is 26.1. The summed E-state index contributed by atoms with van der Waals surface area (Å²) in [6, 6.07) is 10.4. The number of nitrogens with one attached hydrogen (secondary N) is 1. The summed E-state index contributed by atoms with van der Waals surface area (Å²) in [7, 11) is -3.62. The molecule has 0 spiro atoms. The molecule has 0 radical (unpaired) electrons. The number of ether oxygens (including phenoxy) is 3. The van der Waals surface area contributed by atoms with Gasteiger partial charge in [-0.2, -0.15) is 4.31 Å². The van der Waals surface area contributed by atoms with Crippen LogP contribution in [0.2, 0.25) is 0 Å². The molecule has 0 saturated heterocycles. The Bertz CT molecular complexity index is 1050. The van der Waals surface area contributed by atoms with Crippen LogP contribution in [-0.4, -0.2) is 57.5 Å². The molecule has 1 amide bonds. The summed E-state index contributed by atoms with van der Waals surface area (Å²) < 4.78 is 42.4. The van der Waals surface area contributed by atoms with Crippen molar-refractivity contribution in [1.82, 2.24) is 4.31 Å². The molecule has 2 rings (SSSR count). The molecule has 0 saturated carbocycles. The number of nitrogens with zero attached hydrogens (tertiary/aromatic N) is 1. The minimum absolute atomic E-state index is 0.0843. The van der Waals surface area contributed by atoms with Gasteiger partial charge in [-0.1, -0.05) is 13.8 Å². The van der Waals surface area contributed by atoms with Crippen LogP contribution in [-0.2, 0) is 19.6 Å². The number of carbonyl (C=O) groups is 2. The van der Waals surface area contributed by atoms with Gasteiger partial charge in [0.05, 0.1) is 23.7 Å².